The SMILES string of the molecule is c1ccc(-c2nc(-c3cccc4c3sc3ccccc34)nc(-c3cccc4sc5ccc(-c6ccc7c8ccccc8c8ccccc8c7c6)cc5c34)n2)cc1. The third-order valence-corrected chi connectivity index (χ3v) is 13.5. The summed E-state index contributed by atoms with van der Waals surface area (Å²) in [7, 11) is 0. The first-order valence-electron chi connectivity index (χ1n) is 18.8. The van der Waals surface area contributed by atoms with E-state index in [-0.39, 0.29) is 0 Å². The van der Waals surface area contributed by atoms with Crippen LogP contribution in [0.2, 0.25) is 0 Å². The Balaban J connectivity index is 1.07. The third kappa shape index (κ3) is 4.85. The molecule has 0 saturated heterocycles. The summed E-state index contributed by atoms with van der Waals surface area (Å²) in [5, 5.41) is 12.5. The first-order valence-corrected chi connectivity index (χ1v) is 20.4. The van der Waals surface area contributed by atoms with Crippen molar-refractivity contribution in [3.8, 4) is 45.3 Å². The van der Waals surface area contributed by atoms with Gasteiger partial charge in [-0.1, -0.05) is 140 Å². The number of fused-ring (bicyclic) bond motifs is 12. The van der Waals surface area contributed by atoms with Crippen molar-refractivity contribution in [1.82, 2.24) is 15.0 Å². The van der Waals surface area contributed by atoms with Crippen molar-refractivity contribution in [3.63, 3.8) is 0 Å². The second kappa shape index (κ2) is 12.4. The predicted molar refractivity (Wildman–Crippen MR) is 240 cm³/mol. The first kappa shape index (κ1) is 31.5. The number of thiophene rings is 2. The lowest BCUT2D eigenvalue weighted by Gasteiger charge is -2.12. The molecule has 260 valence electrons. The van der Waals surface area contributed by atoms with Crippen molar-refractivity contribution in [3.05, 3.63) is 176 Å². The van der Waals surface area contributed by atoms with Crippen LogP contribution in [0.5, 0.6) is 0 Å². The molecule has 0 fully saturated rings. The molecule has 3 heterocycles. The monoisotopic (exact) mass is 747 g/mol. The Bertz CT molecular complexity index is 3510. The van der Waals surface area contributed by atoms with Crippen LogP contribution in [0.25, 0.3) is 118 Å². The molecule has 0 radical (unpaired) electrons. The number of rotatable bonds is 4. The predicted octanol–water partition coefficient (Wildman–Crippen LogP) is 14.7. The highest BCUT2D eigenvalue weighted by Gasteiger charge is 2.20. The molecule has 3 nitrogen and oxygen atoms in total. The Morgan fingerprint density at radius 3 is 1.57 bits per heavy atom. The highest BCUT2D eigenvalue weighted by Crippen LogP contribution is 2.44. The fourth-order valence-corrected chi connectivity index (χ4v) is 10.9. The van der Waals surface area contributed by atoms with Crippen molar-refractivity contribution < 1.29 is 0 Å². The Morgan fingerprint density at radius 1 is 0.286 bits per heavy atom. The summed E-state index contributed by atoms with van der Waals surface area (Å²) in [6.07, 6.45) is 0. The third-order valence-electron chi connectivity index (χ3n) is 11.1. The summed E-state index contributed by atoms with van der Waals surface area (Å²) >= 11 is 3.61. The van der Waals surface area contributed by atoms with Gasteiger partial charge in [0.1, 0.15) is 0 Å². The molecule has 0 unspecified atom stereocenters. The van der Waals surface area contributed by atoms with Crippen LogP contribution in [0.1, 0.15) is 0 Å². The van der Waals surface area contributed by atoms with Crippen LogP contribution in [-0.2, 0) is 0 Å². The first-order chi connectivity index (χ1) is 27.7. The lowest BCUT2D eigenvalue weighted by atomic mass is 9.92. The molecule has 0 saturated carbocycles. The minimum absolute atomic E-state index is 0.664. The second-order valence-electron chi connectivity index (χ2n) is 14.3. The standard InChI is InChI=1S/C51H29N3S2/c1-2-12-30(13-3-1)49-52-50(54-51(53-49)41-21-10-19-39-38-18-8-9-22-44(38)56-48(39)41)40-20-11-23-46-47(40)43-29-32(25-27-45(43)55-46)31-24-26-37-35-16-5-4-14-33(35)34-15-6-7-17-36(34)42(37)28-31/h1-29H. The van der Waals surface area contributed by atoms with Gasteiger partial charge in [0.2, 0.25) is 0 Å². The van der Waals surface area contributed by atoms with Gasteiger partial charge in [-0.2, -0.15) is 0 Å². The van der Waals surface area contributed by atoms with E-state index in [0.717, 1.165) is 16.7 Å². The lowest BCUT2D eigenvalue weighted by Crippen LogP contribution is -2.00. The zero-order valence-electron chi connectivity index (χ0n) is 29.9. The van der Waals surface area contributed by atoms with Crippen molar-refractivity contribution >= 4 is 95.3 Å². The largest absolute Gasteiger partial charge is 0.208 e. The highest BCUT2D eigenvalue weighted by atomic mass is 32.1. The van der Waals surface area contributed by atoms with Gasteiger partial charge in [0.15, 0.2) is 17.5 Å². The summed E-state index contributed by atoms with van der Waals surface area (Å²) < 4.78 is 4.89. The summed E-state index contributed by atoms with van der Waals surface area (Å²) in [4.78, 5) is 15.7. The Morgan fingerprint density at radius 2 is 0.804 bits per heavy atom. The molecular formula is C51H29N3S2. The van der Waals surface area contributed by atoms with Gasteiger partial charge < -0.3 is 0 Å². The highest BCUT2D eigenvalue weighted by molar-refractivity contribution is 7.26. The Labute approximate surface area is 329 Å². The van der Waals surface area contributed by atoms with Gasteiger partial charge in [-0.15, -0.1) is 22.7 Å². The van der Waals surface area contributed by atoms with Crippen molar-refractivity contribution in [2.75, 3.05) is 0 Å². The summed E-state index contributed by atoms with van der Waals surface area (Å²) in [5.74, 6) is 2.02. The normalized spacial score (nSPS) is 11.9. The molecule has 0 aliphatic carbocycles. The molecule has 12 aromatic rings. The van der Waals surface area contributed by atoms with E-state index in [1.165, 1.54) is 83.8 Å². The van der Waals surface area contributed by atoms with E-state index in [0.29, 0.717) is 17.5 Å². The van der Waals surface area contributed by atoms with E-state index in [1.54, 1.807) is 11.3 Å². The molecule has 0 amide bonds. The fraction of sp³-hybridized carbons (Fsp3) is 0. The quantitative estimate of drug-likeness (QED) is 0.168. The molecule has 5 heteroatoms. The maximum absolute atomic E-state index is 5.31. The summed E-state index contributed by atoms with van der Waals surface area (Å²) in [5.41, 5.74) is 5.37. The Hall–Kier alpha value is -6.79. The van der Waals surface area contributed by atoms with E-state index >= 15 is 0 Å². The molecule has 9 aromatic carbocycles. The molecule has 0 spiro atoms. The summed E-state index contributed by atoms with van der Waals surface area (Å²) in [6.45, 7) is 0. The average Bonchev–Trinajstić information content (AvgIpc) is 3.85. The van der Waals surface area contributed by atoms with Crippen LogP contribution in [0.15, 0.2) is 176 Å². The lowest BCUT2D eigenvalue weighted by molar-refractivity contribution is 1.08. The topological polar surface area (TPSA) is 38.7 Å². The minimum Gasteiger partial charge on any atom is -0.208 e. The van der Waals surface area contributed by atoms with E-state index in [9.17, 15) is 0 Å². The molecule has 0 aliphatic heterocycles. The smallest absolute Gasteiger partial charge is 0.165 e. The van der Waals surface area contributed by atoms with Crippen molar-refractivity contribution in [1.29, 1.82) is 0 Å². The zero-order valence-corrected chi connectivity index (χ0v) is 31.5. The minimum atomic E-state index is 0.664. The zero-order chi connectivity index (χ0) is 36.7. The van der Waals surface area contributed by atoms with Gasteiger partial charge in [-0.05, 0) is 79.8 Å². The summed E-state index contributed by atoms with van der Waals surface area (Å²) in [6, 6.07) is 63.2. The maximum atomic E-state index is 5.31. The number of benzene rings is 9. The number of hydrogen-bond acceptors (Lipinski definition) is 5. The van der Waals surface area contributed by atoms with Crippen LogP contribution >= 0.6 is 22.7 Å². The van der Waals surface area contributed by atoms with Crippen LogP contribution in [0.4, 0.5) is 0 Å². The van der Waals surface area contributed by atoms with E-state index in [2.05, 4.69) is 158 Å². The molecular weight excluding hydrogens is 719 g/mol. The fourth-order valence-electron chi connectivity index (χ4n) is 8.54. The van der Waals surface area contributed by atoms with Gasteiger partial charge >= 0.3 is 0 Å². The Kier molecular flexibility index (Phi) is 6.97. The van der Waals surface area contributed by atoms with Crippen molar-refractivity contribution in [2.24, 2.45) is 0 Å². The molecule has 0 atom stereocenters. The van der Waals surface area contributed by atoms with Gasteiger partial charge in [-0.3, -0.25) is 0 Å². The number of aromatic nitrogens is 3. The molecule has 12 rings (SSSR count). The molecule has 56 heavy (non-hydrogen) atoms. The maximum Gasteiger partial charge on any atom is 0.165 e. The van der Waals surface area contributed by atoms with Crippen LogP contribution in [0.3, 0.4) is 0 Å². The molecule has 3 aromatic heterocycles. The van der Waals surface area contributed by atoms with Gasteiger partial charge in [-0.25, -0.2) is 15.0 Å². The molecule has 0 aliphatic rings. The van der Waals surface area contributed by atoms with Crippen LogP contribution < -0.4 is 0 Å². The second-order valence-corrected chi connectivity index (χ2v) is 16.4. The number of hydrogen-bond donors (Lipinski definition) is 0. The van der Waals surface area contributed by atoms with Crippen molar-refractivity contribution in [2.45, 2.75) is 0 Å². The van der Waals surface area contributed by atoms with Gasteiger partial charge in [0, 0.05) is 57.0 Å². The molecule has 0 N–H and O–H groups in total. The van der Waals surface area contributed by atoms with Gasteiger partial charge in [0.25, 0.3) is 0 Å². The number of nitrogens with zero attached hydrogens (tertiary/aromatic N) is 3. The van der Waals surface area contributed by atoms with E-state index < -0.39 is 0 Å². The average molecular weight is 748 g/mol. The van der Waals surface area contributed by atoms with Gasteiger partial charge in [0.05, 0.1) is 0 Å². The molecule has 0 bridgehead atoms. The van der Waals surface area contributed by atoms with Crippen LogP contribution in [0, 0.1) is 0 Å². The van der Waals surface area contributed by atoms with E-state index in [1.807, 2.05) is 29.5 Å². The van der Waals surface area contributed by atoms with Crippen LogP contribution in [-0.4, -0.2) is 15.0 Å². The van der Waals surface area contributed by atoms with E-state index in [4.69, 9.17) is 15.0 Å².